The number of esters is 1. The molecule has 0 aliphatic heterocycles. The summed E-state index contributed by atoms with van der Waals surface area (Å²) < 4.78 is 12.3. The molecule has 0 saturated heterocycles. The maximum Gasteiger partial charge on any atom is 0.357 e. The molecule has 0 saturated carbocycles. The van der Waals surface area contributed by atoms with Gasteiger partial charge in [0, 0.05) is 11.6 Å². The molecule has 8 heteroatoms. The van der Waals surface area contributed by atoms with E-state index in [-0.39, 0.29) is 17.8 Å². The minimum Gasteiger partial charge on any atom is -0.618 e. The molecular formula is C28H28N2O6. The number of rotatable bonds is 9. The summed E-state index contributed by atoms with van der Waals surface area (Å²) in [5.41, 5.74) is 1.20. The van der Waals surface area contributed by atoms with Crippen LogP contribution >= 0.6 is 0 Å². The van der Waals surface area contributed by atoms with Crippen LogP contribution in [0, 0.1) is 11.1 Å². The third-order valence-corrected chi connectivity index (χ3v) is 5.77. The van der Waals surface area contributed by atoms with E-state index in [1.165, 1.54) is 7.11 Å². The van der Waals surface area contributed by atoms with Crippen molar-refractivity contribution in [3.63, 3.8) is 0 Å². The first-order valence-electron chi connectivity index (χ1n) is 11.7. The van der Waals surface area contributed by atoms with Crippen LogP contribution < -0.4 is 19.9 Å². The summed E-state index contributed by atoms with van der Waals surface area (Å²) in [5.74, 6) is 0.682. The Balaban J connectivity index is 1.71. The van der Waals surface area contributed by atoms with E-state index in [2.05, 4.69) is 13.8 Å². The molecule has 186 valence electrons. The number of hydrogen-bond acceptors (Lipinski definition) is 6. The number of fused-ring (bicyclic) bond motifs is 1. The van der Waals surface area contributed by atoms with Crippen LogP contribution in [0.5, 0.6) is 5.75 Å². The average Bonchev–Trinajstić information content (AvgIpc) is 2.89. The molecule has 0 radical (unpaired) electrons. The molecular weight excluding hydrogens is 460 g/mol. The normalized spacial score (nSPS) is 11.0. The number of ether oxygens (including phenoxy) is 2. The van der Waals surface area contributed by atoms with Crippen molar-refractivity contribution in [2.24, 2.45) is 5.92 Å². The van der Waals surface area contributed by atoms with Crippen LogP contribution in [0.2, 0.25) is 0 Å². The number of benzene rings is 3. The van der Waals surface area contributed by atoms with Gasteiger partial charge >= 0.3 is 11.5 Å². The Labute approximate surface area is 208 Å². The highest BCUT2D eigenvalue weighted by Crippen LogP contribution is 2.20. The lowest BCUT2D eigenvalue weighted by molar-refractivity contribution is -0.566. The van der Waals surface area contributed by atoms with Crippen molar-refractivity contribution >= 4 is 17.0 Å². The Morgan fingerprint density at radius 1 is 1.00 bits per heavy atom. The van der Waals surface area contributed by atoms with E-state index >= 15 is 0 Å². The van der Waals surface area contributed by atoms with E-state index in [1.807, 2.05) is 0 Å². The van der Waals surface area contributed by atoms with Gasteiger partial charge in [-0.25, -0.2) is 4.79 Å². The highest BCUT2D eigenvalue weighted by molar-refractivity contribution is 5.90. The summed E-state index contributed by atoms with van der Waals surface area (Å²) in [6.07, 6.45) is 0.925. The average molecular weight is 489 g/mol. The Kier molecular flexibility index (Phi) is 7.53. The van der Waals surface area contributed by atoms with Gasteiger partial charge < -0.3 is 19.5 Å². The molecule has 36 heavy (non-hydrogen) atoms. The minimum absolute atomic E-state index is 0.0799. The van der Waals surface area contributed by atoms with Gasteiger partial charge in [0.15, 0.2) is 5.52 Å². The third-order valence-electron chi connectivity index (χ3n) is 5.77. The highest BCUT2D eigenvalue weighted by Gasteiger charge is 2.24. The van der Waals surface area contributed by atoms with Crippen molar-refractivity contribution < 1.29 is 23.8 Å². The Morgan fingerprint density at radius 2 is 1.69 bits per heavy atom. The molecule has 1 heterocycles. The molecule has 0 fully saturated rings. The van der Waals surface area contributed by atoms with Crippen LogP contribution in [0.4, 0.5) is 0 Å². The van der Waals surface area contributed by atoms with Gasteiger partial charge in [-0.05, 0) is 48.7 Å². The lowest BCUT2D eigenvalue weighted by atomic mass is 10.1. The van der Waals surface area contributed by atoms with Crippen LogP contribution in [0.25, 0.3) is 22.3 Å². The molecule has 0 spiro atoms. The van der Waals surface area contributed by atoms with Gasteiger partial charge in [-0.2, -0.15) is 4.73 Å². The molecule has 4 rings (SSSR count). The van der Waals surface area contributed by atoms with Crippen molar-refractivity contribution in [1.82, 2.24) is 4.73 Å². The maximum absolute atomic E-state index is 13.5. The number of para-hydroxylation sites is 2. The molecule has 0 aliphatic rings. The largest absolute Gasteiger partial charge is 0.618 e. The minimum atomic E-state index is -0.618. The van der Waals surface area contributed by atoms with Gasteiger partial charge in [0.05, 0.1) is 24.8 Å². The van der Waals surface area contributed by atoms with E-state index in [1.54, 1.807) is 72.8 Å². The van der Waals surface area contributed by atoms with E-state index in [0.717, 1.165) is 11.2 Å². The smallest absolute Gasteiger partial charge is 0.357 e. The van der Waals surface area contributed by atoms with Crippen LogP contribution in [-0.2, 0) is 11.3 Å². The molecule has 0 aliphatic carbocycles. The van der Waals surface area contributed by atoms with Gasteiger partial charge in [0.1, 0.15) is 12.4 Å². The third kappa shape index (κ3) is 5.17. The van der Waals surface area contributed by atoms with Gasteiger partial charge in [0.25, 0.3) is 5.69 Å². The quantitative estimate of drug-likeness (QED) is 0.200. The van der Waals surface area contributed by atoms with Gasteiger partial charge in [0.2, 0.25) is 5.52 Å². The number of carbonyl (C=O) groups excluding carboxylic acids is 1. The number of hydrogen-bond donors (Lipinski definition) is 0. The van der Waals surface area contributed by atoms with Crippen molar-refractivity contribution in [1.29, 1.82) is 0 Å². The first kappa shape index (κ1) is 24.8. The molecule has 4 aromatic rings. The van der Waals surface area contributed by atoms with Gasteiger partial charge in [-0.1, -0.05) is 44.2 Å². The van der Waals surface area contributed by atoms with E-state index < -0.39 is 11.5 Å². The SMILES string of the molecule is COC(=O)c1ccccc1COn1c(=O)c(-c2ccc(OCCC(C)C)cc2)[n+]([O-])c2ccccc21. The number of nitrogens with zero attached hydrogens (tertiary/aromatic N) is 2. The van der Waals surface area contributed by atoms with E-state index in [0.29, 0.717) is 45.2 Å². The number of carbonyl (C=O) groups is 1. The second-order valence-electron chi connectivity index (χ2n) is 8.71. The molecule has 0 bridgehead atoms. The molecule has 0 amide bonds. The van der Waals surface area contributed by atoms with Crippen molar-refractivity contribution in [3.05, 3.63) is 99.5 Å². The summed E-state index contributed by atoms with van der Waals surface area (Å²) >= 11 is 0. The zero-order chi connectivity index (χ0) is 25.7. The fourth-order valence-corrected chi connectivity index (χ4v) is 3.80. The summed E-state index contributed by atoms with van der Waals surface area (Å²) in [6, 6.07) is 20.3. The fourth-order valence-electron chi connectivity index (χ4n) is 3.80. The standard InChI is InChI=1S/C28H28N2O6/c1-19(2)16-17-35-22-14-12-20(13-15-22)26-27(31)30(25-11-7-6-10-24(25)29(26)33)36-18-21-8-4-5-9-23(21)28(32)34-3/h4-15,19H,16-18H2,1-3H3. The maximum atomic E-state index is 13.5. The molecule has 3 aromatic carbocycles. The summed E-state index contributed by atoms with van der Waals surface area (Å²) in [5, 5.41) is 13.2. The number of aromatic nitrogens is 2. The second kappa shape index (κ2) is 10.9. The Hall–Kier alpha value is -4.33. The lowest BCUT2D eigenvalue weighted by Crippen LogP contribution is -2.42. The van der Waals surface area contributed by atoms with Gasteiger partial charge in [-0.15, -0.1) is 4.73 Å². The van der Waals surface area contributed by atoms with Crippen molar-refractivity contribution in [2.45, 2.75) is 26.9 Å². The highest BCUT2D eigenvalue weighted by atomic mass is 16.7. The lowest BCUT2D eigenvalue weighted by Gasteiger charge is -2.15. The molecule has 1 aromatic heterocycles. The predicted octanol–water partition coefficient (Wildman–Crippen LogP) is 4.14. The molecule has 0 atom stereocenters. The van der Waals surface area contributed by atoms with Crippen LogP contribution in [0.3, 0.4) is 0 Å². The predicted molar refractivity (Wildman–Crippen MR) is 136 cm³/mol. The summed E-state index contributed by atoms with van der Waals surface area (Å²) in [7, 11) is 1.30. The summed E-state index contributed by atoms with van der Waals surface area (Å²) in [6.45, 7) is 4.75. The fraction of sp³-hybridized carbons (Fsp3) is 0.250. The van der Waals surface area contributed by atoms with Crippen molar-refractivity contribution in [3.8, 4) is 17.0 Å². The van der Waals surface area contributed by atoms with Gasteiger partial charge in [-0.3, -0.25) is 4.79 Å². The molecule has 0 unspecified atom stereocenters. The van der Waals surface area contributed by atoms with Crippen LogP contribution in [-0.4, -0.2) is 24.4 Å². The monoisotopic (exact) mass is 488 g/mol. The van der Waals surface area contributed by atoms with Crippen molar-refractivity contribution in [2.75, 3.05) is 13.7 Å². The van der Waals surface area contributed by atoms with E-state index in [9.17, 15) is 14.8 Å². The summed E-state index contributed by atoms with van der Waals surface area (Å²) in [4.78, 5) is 31.6. The van der Waals surface area contributed by atoms with Crippen LogP contribution in [0.15, 0.2) is 77.6 Å². The number of methoxy groups -OCH3 is 1. The molecule has 0 N–H and O–H groups in total. The van der Waals surface area contributed by atoms with E-state index in [4.69, 9.17) is 14.3 Å². The Bertz CT molecular complexity index is 1430. The van der Waals surface area contributed by atoms with Crippen LogP contribution in [0.1, 0.15) is 36.2 Å². The first-order chi connectivity index (χ1) is 17.4. The topological polar surface area (TPSA) is 93.7 Å². The Morgan fingerprint density at radius 3 is 2.42 bits per heavy atom. The molecule has 8 nitrogen and oxygen atoms in total. The first-order valence-corrected chi connectivity index (χ1v) is 11.7. The zero-order valence-corrected chi connectivity index (χ0v) is 20.5. The zero-order valence-electron chi connectivity index (χ0n) is 20.5. The second-order valence-corrected chi connectivity index (χ2v) is 8.71.